The molecule has 0 aliphatic rings. The molecule has 0 aromatic heterocycles. The van der Waals surface area contributed by atoms with Crippen LogP contribution in [-0.2, 0) is 20.5 Å². The normalized spacial score (nSPS) is 10.9. The maximum atomic E-state index is 10.6. The molecule has 0 heterocycles. The topological polar surface area (TPSA) is 72.5 Å². The molecule has 1 aromatic carbocycles. The summed E-state index contributed by atoms with van der Waals surface area (Å²) in [5.41, 5.74) is 0.957. The Hall–Kier alpha value is -1.27. The Morgan fingerprint density at radius 2 is 1.94 bits per heavy atom. The minimum atomic E-state index is -4.00. The monoisotopic (exact) mass is 277 g/mol. The molecule has 0 spiro atoms. The molecule has 94 valence electrons. The average Bonchev–Trinajstić information content (AvgIpc) is 2.18. The molecule has 1 N–H and O–H groups in total. The van der Waals surface area contributed by atoms with E-state index in [1.807, 2.05) is 0 Å². The van der Waals surface area contributed by atoms with Gasteiger partial charge in [-0.15, -0.1) is 0 Å². The van der Waals surface area contributed by atoms with Crippen molar-refractivity contribution in [1.82, 2.24) is 5.32 Å². The summed E-state index contributed by atoms with van der Waals surface area (Å²) in [6.07, 6.45) is 0.660. The van der Waals surface area contributed by atoms with E-state index in [4.69, 9.17) is 10.7 Å². The van der Waals surface area contributed by atoms with Gasteiger partial charge in [0.2, 0.25) is 5.91 Å². The zero-order valence-electron chi connectivity index (χ0n) is 9.14. The Kier molecular flexibility index (Phi) is 4.77. The van der Waals surface area contributed by atoms with E-state index < -0.39 is 9.33 Å². The van der Waals surface area contributed by atoms with Gasteiger partial charge in [-0.25, -0.2) is 0 Å². The lowest BCUT2D eigenvalue weighted by Crippen LogP contribution is -2.22. The molecule has 1 rings (SSSR count). The maximum Gasteiger partial charge on any atom is 0.401 e. The number of amides is 1. The van der Waals surface area contributed by atoms with Gasteiger partial charge in [-0.05, 0) is 24.1 Å². The number of halogens is 1. The highest BCUT2D eigenvalue weighted by Crippen LogP contribution is 2.15. The molecule has 0 atom stereocenters. The van der Waals surface area contributed by atoms with Gasteiger partial charge < -0.3 is 9.50 Å². The first kappa shape index (κ1) is 13.8. The summed E-state index contributed by atoms with van der Waals surface area (Å²) in [5.74, 6) is 0.0708. The number of hydrogen-bond acceptors (Lipinski definition) is 4. The van der Waals surface area contributed by atoms with Crippen LogP contribution < -0.4 is 9.50 Å². The van der Waals surface area contributed by atoms with Crippen molar-refractivity contribution in [3.63, 3.8) is 0 Å². The third kappa shape index (κ3) is 6.13. The summed E-state index contributed by atoms with van der Waals surface area (Å²) in [7, 11) is 0.925. The molecule has 0 saturated carbocycles. The predicted octanol–water partition coefficient (Wildman–Crippen LogP) is 1.23. The fraction of sp³-hybridized carbons (Fsp3) is 0.300. The molecule has 0 aliphatic carbocycles. The van der Waals surface area contributed by atoms with Crippen LogP contribution in [-0.4, -0.2) is 20.9 Å². The van der Waals surface area contributed by atoms with Gasteiger partial charge in [0.05, 0.1) is 10.7 Å². The second-order valence-corrected chi connectivity index (χ2v) is 5.44. The van der Waals surface area contributed by atoms with Crippen LogP contribution in [0.3, 0.4) is 0 Å². The van der Waals surface area contributed by atoms with Crippen molar-refractivity contribution < 1.29 is 17.4 Å². The van der Waals surface area contributed by atoms with Crippen LogP contribution in [0, 0.1) is 0 Å². The van der Waals surface area contributed by atoms with Gasteiger partial charge in [-0.3, -0.25) is 4.79 Å². The third-order valence-corrected chi connectivity index (χ3v) is 2.49. The van der Waals surface area contributed by atoms with Crippen LogP contribution in [0.15, 0.2) is 24.3 Å². The molecular weight excluding hydrogens is 266 g/mol. The zero-order valence-corrected chi connectivity index (χ0v) is 10.7. The molecule has 7 heteroatoms. The number of carbonyl (C=O) groups excluding carboxylic acids is 1. The van der Waals surface area contributed by atoms with Crippen molar-refractivity contribution in [2.24, 2.45) is 0 Å². The smallest absolute Gasteiger partial charge is 0.371 e. The number of carbonyl (C=O) groups is 1. The van der Waals surface area contributed by atoms with Crippen molar-refractivity contribution in [1.29, 1.82) is 0 Å². The highest BCUT2D eigenvalue weighted by molar-refractivity contribution is 8.10. The van der Waals surface area contributed by atoms with Gasteiger partial charge in [-0.1, -0.05) is 12.1 Å². The molecule has 0 bridgehead atoms. The van der Waals surface area contributed by atoms with E-state index in [9.17, 15) is 13.2 Å². The fourth-order valence-corrected chi connectivity index (χ4v) is 1.77. The van der Waals surface area contributed by atoms with Crippen molar-refractivity contribution in [2.45, 2.75) is 13.3 Å². The highest BCUT2D eigenvalue weighted by Gasteiger charge is 2.06. The van der Waals surface area contributed by atoms with Crippen LogP contribution in [0.1, 0.15) is 12.5 Å². The van der Waals surface area contributed by atoms with E-state index in [2.05, 4.69) is 9.50 Å². The van der Waals surface area contributed by atoms with Crippen LogP contribution in [0.4, 0.5) is 0 Å². The molecule has 0 fully saturated rings. The SMILES string of the molecule is CC(=O)NCCc1ccc(OS(=O)(=O)Cl)cc1. The van der Waals surface area contributed by atoms with Crippen LogP contribution in [0.5, 0.6) is 5.75 Å². The summed E-state index contributed by atoms with van der Waals surface area (Å²) in [4.78, 5) is 10.6. The van der Waals surface area contributed by atoms with Crippen molar-refractivity contribution in [2.75, 3.05) is 6.54 Å². The number of nitrogens with one attached hydrogen (secondary N) is 1. The van der Waals surface area contributed by atoms with E-state index in [-0.39, 0.29) is 11.7 Å². The van der Waals surface area contributed by atoms with Gasteiger partial charge in [0.25, 0.3) is 0 Å². The van der Waals surface area contributed by atoms with Crippen LogP contribution >= 0.6 is 10.7 Å². The second-order valence-electron chi connectivity index (χ2n) is 3.35. The van der Waals surface area contributed by atoms with Crippen LogP contribution in [0.25, 0.3) is 0 Å². The van der Waals surface area contributed by atoms with E-state index in [1.165, 1.54) is 19.1 Å². The molecule has 0 radical (unpaired) electrons. The molecule has 0 saturated heterocycles. The first-order chi connectivity index (χ1) is 7.87. The summed E-state index contributed by atoms with van der Waals surface area (Å²) in [6.45, 7) is 1.98. The van der Waals surface area contributed by atoms with Gasteiger partial charge >= 0.3 is 9.33 Å². The number of hydrogen-bond donors (Lipinski definition) is 1. The first-order valence-electron chi connectivity index (χ1n) is 4.84. The van der Waals surface area contributed by atoms with Gasteiger partial charge in [0.15, 0.2) is 0 Å². The largest absolute Gasteiger partial charge is 0.401 e. The maximum absolute atomic E-state index is 10.6. The summed E-state index contributed by atoms with van der Waals surface area (Å²) in [6, 6.07) is 6.42. The lowest BCUT2D eigenvalue weighted by molar-refractivity contribution is -0.118. The lowest BCUT2D eigenvalue weighted by Gasteiger charge is -2.04. The standard InChI is InChI=1S/C10H12ClNO4S/c1-8(13)12-7-6-9-2-4-10(5-3-9)16-17(11,14)15/h2-5H,6-7H2,1H3,(H,12,13). The van der Waals surface area contributed by atoms with Crippen LogP contribution in [0.2, 0.25) is 0 Å². The second kappa shape index (κ2) is 5.88. The average molecular weight is 278 g/mol. The minimum Gasteiger partial charge on any atom is -0.371 e. The molecule has 0 aliphatic heterocycles. The molecule has 0 unspecified atom stereocenters. The highest BCUT2D eigenvalue weighted by atomic mass is 35.7. The van der Waals surface area contributed by atoms with E-state index in [0.29, 0.717) is 13.0 Å². The van der Waals surface area contributed by atoms with E-state index in [1.54, 1.807) is 12.1 Å². The van der Waals surface area contributed by atoms with Gasteiger partial charge in [0.1, 0.15) is 5.75 Å². The third-order valence-electron chi connectivity index (χ3n) is 1.91. The Balaban J connectivity index is 2.53. The van der Waals surface area contributed by atoms with Crippen molar-refractivity contribution >= 4 is 25.9 Å². The first-order valence-corrected chi connectivity index (χ1v) is 7.08. The van der Waals surface area contributed by atoms with Crippen molar-refractivity contribution in [3.8, 4) is 5.75 Å². The molecule has 1 amide bonds. The Morgan fingerprint density at radius 1 is 1.35 bits per heavy atom. The van der Waals surface area contributed by atoms with Gasteiger partial charge in [0, 0.05) is 13.5 Å². The minimum absolute atomic E-state index is 0.0850. The molecule has 5 nitrogen and oxygen atoms in total. The Labute approximate surface area is 104 Å². The molecular formula is C10H12ClNO4S. The van der Waals surface area contributed by atoms with E-state index >= 15 is 0 Å². The lowest BCUT2D eigenvalue weighted by atomic mass is 10.1. The Morgan fingerprint density at radius 3 is 2.41 bits per heavy atom. The molecule has 17 heavy (non-hydrogen) atoms. The summed E-state index contributed by atoms with van der Waals surface area (Å²) in [5, 5.41) is 2.66. The quantitative estimate of drug-likeness (QED) is 0.822. The number of benzene rings is 1. The number of rotatable bonds is 5. The molecule has 1 aromatic rings. The fourth-order valence-electron chi connectivity index (χ4n) is 1.21. The van der Waals surface area contributed by atoms with Crippen molar-refractivity contribution in [3.05, 3.63) is 29.8 Å². The predicted molar refractivity (Wildman–Crippen MR) is 64.2 cm³/mol. The van der Waals surface area contributed by atoms with E-state index in [0.717, 1.165) is 5.56 Å². The summed E-state index contributed by atoms with van der Waals surface area (Å²) < 4.78 is 25.7. The zero-order chi connectivity index (χ0) is 12.9. The Bertz CT molecular complexity index is 484. The summed E-state index contributed by atoms with van der Waals surface area (Å²) >= 11 is 0. The van der Waals surface area contributed by atoms with Gasteiger partial charge in [-0.2, -0.15) is 8.42 Å².